The van der Waals surface area contributed by atoms with Gasteiger partial charge in [0.15, 0.2) is 9.84 Å². The zero-order valence-corrected chi connectivity index (χ0v) is 8.91. The third-order valence-corrected chi connectivity index (χ3v) is 4.37. The monoisotopic (exact) mass is 227 g/mol. The Bertz CT molecular complexity index is 288. The van der Waals surface area contributed by atoms with E-state index in [0.717, 1.165) is 0 Å². The van der Waals surface area contributed by atoms with Crippen molar-refractivity contribution in [3.63, 3.8) is 0 Å². The van der Waals surface area contributed by atoms with Crippen LogP contribution in [0.2, 0.25) is 0 Å². The van der Waals surface area contributed by atoms with Crippen molar-refractivity contribution in [1.29, 1.82) is 0 Å². The number of halogens is 2. The van der Waals surface area contributed by atoms with Gasteiger partial charge in [0.2, 0.25) is 0 Å². The van der Waals surface area contributed by atoms with Crippen LogP contribution < -0.4 is 5.32 Å². The molecule has 3 nitrogen and oxygen atoms in total. The molecule has 0 aromatic carbocycles. The summed E-state index contributed by atoms with van der Waals surface area (Å²) in [5.74, 6) is -0.404. The maximum Gasteiger partial charge on any atom is 0.257 e. The molecule has 0 saturated carbocycles. The zero-order chi connectivity index (χ0) is 10.8. The van der Waals surface area contributed by atoms with E-state index in [2.05, 4.69) is 5.32 Å². The molecule has 1 heterocycles. The number of sulfone groups is 1. The van der Waals surface area contributed by atoms with Crippen LogP contribution in [-0.4, -0.2) is 38.4 Å². The van der Waals surface area contributed by atoms with Crippen LogP contribution in [0, 0.1) is 0 Å². The molecule has 1 atom stereocenters. The van der Waals surface area contributed by atoms with E-state index in [1.54, 1.807) is 6.92 Å². The predicted molar refractivity (Wildman–Crippen MR) is 50.3 cm³/mol. The maximum atomic E-state index is 12.8. The Morgan fingerprint density at radius 3 is 2.57 bits per heavy atom. The highest BCUT2D eigenvalue weighted by molar-refractivity contribution is 7.91. The molecule has 1 unspecified atom stereocenters. The lowest BCUT2D eigenvalue weighted by Gasteiger charge is -2.36. The summed E-state index contributed by atoms with van der Waals surface area (Å²) in [6.45, 7) is 2.06. The Labute approximate surface area is 82.8 Å². The SMILES string of the molecule is CCNC1(C(F)F)CCCS(=O)(=O)C1. The van der Waals surface area contributed by atoms with Gasteiger partial charge in [0.25, 0.3) is 6.43 Å². The predicted octanol–water partition coefficient (Wildman–Crippen LogP) is 0.808. The van der Waals surface area contributed by atoms with Crippen molar-refractivity contribution in [2.24, 2.45) is 0 Å². The third-order valence-electron chi connectivity index (χ3n) is 2.50. The van der Waals surface area contributed by atoms with Crippen LogP contribution in [0.4, 0.5) is 8.78 Å². The largest absolute Gasteiger partial charge is 0.306 e. The lowest BCUT2D eigenvalue weighted by molar-refractivity contribution is 0.0357. The normalized spacial score (nSPS) is 32.0. The second-order valence-corrected chi connectivity index (χ2v) is 5.87. The number of alkyl halides is 2. The fourth-order valence-electron chi connectivity index (χ4n) is 1.89. The van der Waals surface area contributed by atoms with Crippen molar-refractivity contribution in [2.45, 2.75) is 31.7 Å². The highest BCUT2D eigenvalue weighted by Gasteiger charge is 2.45. The van der Waals surface area contributed by atoms with E-state index >= 15 is 0 Å². The van der Waals surface area contributed by atoms with Crippen LogP contribution in [-0.2, 0) is 9.84 Å². The van der Waals surface area contributed by atoms with E-state index in [1.165, 1.54) is 0 Å². The first-order chi connectivity index (χ1) is 6.42. The minimum absolute atomic E-state index is 0.0346. The van der Waals surface area contributed by atoms with Crippen LogP contribution in [0.25, 0.3) is 0 Å². The van der Waals surface area contributed by atoms with Crippen LogP contribution in [0.15, 0.2) is 0 Å². The smallest absolute Gasteiger partial charge is 0.257 e. The highest BCUT2D eigenvalue weighted by Crippen LogP contribution is 2.28. The summed E-state index contributed by atoms with van der Waals surface area (Å²) in [6, 6.07) is 0. The molecular weight excluding hydrogens is 212 g/mol. The standard InChI is InChI=1S/C8H15F2NO2S/c1-2-11-8(7(9)10)4-3-5-14(12,13)6-8/h7,11H,2-6H2,1H3. The molecular formula is C8H15F2NO2S. The van der Waals surface area contributed by atoms with Gasteiger partial charge < -0.3 is 5.32 Å². The molecule has 0 aliphatic carbocycles. The lowest BCUT2D eigenvalue weighted by atomic mass is 9.96. The van der Waals surface area contributed by atoms with Gasteiger partial charge in [-0.15, -0.1) is 0 Å². The molecule has 14 heavy (non-hydrogen) atoms. The second kappa shape index (κ2) is 4.10. The first kappa shape index (κ1) is 11.8. The Balaban J connectivity index is 2.87. The number of hydrogen-bond donors (Lipinski definition) is 1. The molecule has 0 aromatic heterocycles. The van der Waals surface area contributed by atoms with E-state index in [1.807, 2.05) is 0 Å². The van der Waals surface area contributed by atoms with Gasteiger partial charge in [-0.2, -0.15) is 0 Å². The summed E-state index contributed by atoms with van der Waals surface area (Å²) in [6.07, 6.45) is -2.07. The second-order valence-electron chi connectivity index (χ2n) is 3.68. The summed E-state index contributed by atoms with van der Waals surface area (Å²) in [7, 11) is -3.30. The third kappa shape index (κ3) is 2.42. The molecule has 0 aromatic rings. The van der Waals surface area contributed by atoms with Crippen molar-refractivity contribution in [1.82, 2.24) is 5.32 Å². The van der Waals surface area contributed by atoms with E-state index in [9.17, 15) is 17.2 Å². The molecule has 1 N–H and O–H groups in total. The van der Waals surface area contributed by atoms with Gasteiger partial charge in [0.1, 0.15) is 0 Å². The van der Waals surface area contributed by atoms with Gasteiger partial charge in [0, 0.05) is 0 Å². The summed E-state index contributed by atoms with van der Waals surface area (Å²) < 4.78 is 48.1. The van der Waals surface area contributed by atoms with Gasteiger partial charge in [-0.3, -0.25) is 0 Å². The van der Waals surface area contributed by atoms with Crippen LogP contribution in [0.5, 0.6) is 0 Å². The molecule has 1 fully saturated rings. The zero-order valence-electron chi connectivity index (χ0n) is 8.09. The molecule has 0 radical (unpaired) electrons. The highest BCUT2D eigenvalue weighted by atomic mass is 32.2. The fraction of sp³-hybridized carbons (Fsp3) is 1.00. The average molecular weight is 227 g/mol. The van der Waals surface area contributed by atoms with Gasteiger partial charge in [-0.05, 0) is 19.4 Å². The number of hydrogen-bond acceptors (Lipinski definition) is 3. The minimum atomic E-state index is -3.30. The molecule has 1 saturated heterocycles. The quantitative estimate of drug-likeness (QED) is 0.776. The van der Waals surface area contributed by atoms with Crippen molar-refractivity contribution in [3.05, 3.63) is 0 Å². The van der Waals surface area contributed by atoms with E-state index < -0.39 is 27.6 Å². The van der Waals surface area contributed by atoms with Crippen LogP contribution >= 0.6 is 0 Å². The number of nitrogens with one attached hydrogen (secondary N) is 1. The summed E-state index contributed by atoms with van der Waals surface area (Å²) in [5.41, 5.74) is -1.51. The maximum absolute atomic E-state index is 12.8. The van der Waals surface area contributed by atoms with Crippen LogP contribution in [0.3, 0.4) is 0 Å². The number of rotatable bonds is 3. The Morgan fingerprint density at radius 2 is 2.14 bits per heavy atom. The summed E-state index contributed by atoms with van der Waals surface area (Å²) in [4.78, 5) is 0. The average Bonchev–Trinajstić information content (AvgIpc) is 2.02. The van der Waals surface area contributed by atoms with E-state index in [0.29, 0.717) is 13.0 Å². The van der Waals surface area contributed by atoms with E-state index in [4.69, 9.17) is 0 Å². The van der Waals surface area contributed by atoms with Crippen LogP contribution in [0.1, 0.15) is 19.8 Å². The van der Waals surface area contributed by atoms with Gasteiger partial charge >= 0.3 is 0 Å². The Morgan fingerprint density at radius 1 is 1.50 bits per heavy atom. The minimum Gasteiger partial charge on any atom is -0.306 e. The lowest BCUT2D eigenvalue weighted by Crippen LogP contribution is -2.58. The molecule has 0 amide bonds. The van der Waals surface area contributed by atoms with Crippen molar-refractivity contribution < 1.29 is 17.2 Å². The van der Waals surface area contributed by atoms with Crippen molar-refractivity contribution in [2.75, 3.05) is 18.1 Å². The molecule has 84 valence electrons. The molecule has 1 rings (SSSR count). The van der Waals surface area contributed by atoms with Gasteiger partial charge in [0.05, 0.1) is 17.0 Å². The molecule has 6 heteroatoms. The summed E-state index contributed by atoms with van der Waals surface area (Å²) in [5, 5.41) is 2.62. The van der Waals surface area contributed by atoms with Gasteiger partial charge in [-0.1, -0.05) is 6.92 Å². The molecule has 1 aliphatic heterocycles. The molecule has 1 aliphatic rings. The Kier molecular flexibility index (Phi) is 3.47. The topological polar surface area (TPSA) is 46.2 Å². The van der Waals surface area contributed by atoms with Crippen molar-refractivity contribution >= 4 is 9.84 Å². The Hall–Kier alpha value is -0.230. The molecule has 0 bridgehead atoms. The van der Waals surface area contributed by atoms with E-state index in [-0.39, 0.29) is 12.2 Å². The van der Waals surface area contributed by atoms with Crippen molar-refractivity contribution in [3.8, 4) is 0 Å². The summed E-state index contributed by atoms with van der Waals surface area (Å²) >= 11 is 0. The van der Waals surface area contributed by atoms with Gasteiger partial charge in [-0.25, -0.2) is 17.2 Å². The molecule has 0 spiro atoms. The first-order valence-electron chi connectivity index (χ1n) is 4.65. The first-order valence-corrected chi connectivity index (χ1v) is 6.47. The fourth-order valence-corrected chi connectivity index (χ4v) is 3.77.